The Bertz CT molecular complexity index is 879. The third-order valence-electron chi connectivity index (χ3n) is 5.44. The monoisotopic (exact) mass is 419 g/mol. The summed E-state index contributed by atoms with van der Waals surface area (Å²) in [6.45, 7) is 0.769. The molecule has 29 heavy (non-hydrogen) atoms. The quantitative estimate of drug-likeness (QED) is 0.419. The first-order chi connectivity index (χ1) is 14.0. The summed E-state index contributed by atoms with van der Waals surface area (Å²) in [6, 6.07) is 3.10. The van der Waals surface area contributed by atoms with Crippen LogP contribution >= 0.6 is 11.6 Å². The Kier molecular flexibility index (Phi) is 5.36. The fourth-order valence-corrected chi connectivity index (χ4v) is 4.23. The van der Waals surface area contributed by atoms with E-state index in [1.165, 1.54) is 11.0 Å². The number of rotatable bonds is 6. The van der Waals surface area contributed by atoms with Crippen molar-refractivity contribution in [2.75, 3.05) is 19.9 Å². The van der Waals surface area contributed by atoms with Crippen LogP contribution < -0.4 is 20.1 Å². The van der Waals surface area contributed by atoms with Crippen LogP contribution in [0.4, 0.5) is 4.79 Å². The third kappa shape index (κ3) is 3.89. The first kappa shape index (κ1) is 19.6. The maximum Gasteiger partial charge on any atom is 0.325 e. The van der Waals surface area contributed by atoms with Gasteiger partial charge in [0, 0.05) is 19.2 Å². The minimum absolute atomic E-state index is 0.126. The normalized spacial score (nSPS) is 19.4. The third-order valence-corrected chi connectivity index (χ3v) is 5.72. The summed E-state index contributed by atoms with van der Waals surface area (Å²) >= 11 is 6.12. The molecule has 8 nitrogen and oxygen atoms in total. The van der Waals surface area contributed by atoms with Crippen molar-refractivity contribution in [3.8, 4) is 11.5 Å². The molecule has 1 aromatic rings. The second-order valence-corrected chi connectivity index (χ2v) is 7.80. The Morgan fingerprint density at radius 3 is 2.86 bits per heavy atom. The fraction of sp³-hybridized carbons (Fsp3) is 0.450. The van der Waals surface area contributed by atoms with Gasteiger partial charge in [0.05, 0.1) is 5.02 Å². The highest BCUT2D eigenvalue weighted by molar-refractivity contribution is 6.32. The molecule has 3 aliphatic rings. The van der Waals surface area contributed by atoms with E-state index in [1.54, 1.807) is 18.2 Å². The first-order valence-corrected chi connectivity index (χ1v) is 10.1. The summed E-state index contributed by atoms with van der Waals surface area (Å²) in [6.07, 6.45) is 6.84. The minimum atomic E-state index is -0.686. The zero-order chi connectivity index (χ0) is 20.4. The summed E-state index contributed by atoms with van der Waals surface area (Å²) in [5.74, 6) is 0.647. The average Bonchev–Trinajstić information content (AvgIpc) is 3.40. The van der Waals surface area contributed by atoms with Gasteiger partial charge in [0.2, 0.25) is 12.7 Å². The van der Waals surface area contributed by atoms with Gasteiger partial charge >= 0.3 is 6.03 Å². The molecule has 9 heteroatoms. The number of nitrogens with one attached hydrogen (secondary N) is 2. The lowest BCUT2D eigenvalue weighted by Crippen LogP contribution is -2.44. The van der Waals surface area contributed by atoms with Crippen molar-refractivity contribution < 1.29 is 23.9 Å². The fourth-order valence-electron chi connectivity index (χ4n) is 3.96. The number of nitrogens with zero attached hydrogens (tertiary/aromatic N) is 1. The topological polar surface area (TPSA) is 97.0 Å². The van der Waals surface area contributed by atoms with Crippen LogP contribution in [-0.2, 0) is 9.59 Å². The second-order valence-electron chi connectivity index (χ2n) is 7.39. The van der Waals surface area contributed by atoms with Gasteiger partial charge in [-0.3, -0.25) is 14.5 Å². The van der Waals surface area contributed by atoms with Gasteiger partial charge < -0.3 is 20.1 Å². The number of carbonyl (C=O) groups excluding carboxylic acids is 3. The van der Waals surface area contributed by atoms with Crippen LogP contribution in [0, 0.1) is 0 Å². The van der Waals surface area contributed by atoms with Crippen molar-refractivity contribution in [2.45, 2.75) is 37.6 Å². The molecular weight excluding hydrogens is 398 g/mol. The number of halogens is 1. The molecule has 0 aromatic heterocycles. The molecule has 0 unspecified atom stereocenters. The van der Waals surface area contributed by atoms with Gasteiger partial charge in [-0.25, -0.2) is 4.79 Å². The van der Waals surface area contributed by atoms with E-state index < -0.39 is 5.54 Å². The molecule has 0 radical (unpaired) electrons. The molecule has 2 fully saturated rings. The van der Waals surface area contributed by atoms with Gasteiger partial charge in [-0.1, -0.05) is 24.4 Å². The van der Waals surface area contributed by atoms with E-state index >= 15 is 0 Å². The van der Waals surface area contributed by atoms with Gasteiger partial charge in [-0.2, -0.15) is 0 Å². The molecule has 154 valence electrons. The SMILES string of the molecule is O=C(/C=C/c1cc(Cl)c2c(c1)OCO2)NCCCN1C(=O)NC2(CCCC2)C1=O. The van der Waals surface area contributed by atoms with Gasteiger partial charge in [0.1, 0.15) is 5.54 Å². The highest BCUT2D eigenvalue weighted by atomic mass is 35.5. The van der Waals surface area contributed by atoms with E-state index in [0.29, 0.717) is 42.3 Å². The van der Waals surface area contributed by atoms with Crippen LogP contribution in [0.2, 0.25) is 5.02 Å². The zero-order valence-corrected chi connectivity index (χ0v) is 16.6. The molecule has 2 heterocycles. The molecule has 0 bridgehead atoms. The van der Waals surface area contributed by atoms with Crippen molar-refractivity contribution in [1.82, 2.24) is 15.5 Å². The van der Waals surface area contributed by atoms with Crippen molar-refractivity contribution in [3.05, 3.63) is 28.8 Å². The van der Waals surface area contributed by atoms with Gasteiger partial charge in [-0.05, 0) is 43.0 Å². The minimum Gasteiger partial charge on any atom is -0.454 e. The van der Waals surface area contributed by atoms with Crippen LogP contribution in [0.5, 0.6) is 11.5 Å². The number of carbonyl (C=O) groups is 3. The van der Waals surface area contributed by atoms with Crippen molar-refractivity contribution >= 4 is 35.5 Å². The number of benzene rings is 1. The van der Waals surface area contributed by atoms with Gasteiger partial charge in [0.25, 0.3) is 5.91 Å². The number of hydrogen-bond donors (Lipinski definition) is 2. The molecular formula is C20H22ClN3O5. The van der Waals surface area contributed by atoms with E-state index in [2.05, 4.69) is 10.6 Å². The van der Waals surface area contributed by atoms with E-state index in [9.17, 15) is 14.4 Å². The van der Waals surface area contributed by atoms with Gasteiger partial charge in [0.15, 0.2) is 11.5 Å². The molecule has 2 aliphatic heterocycles. The summed E-state index contributed by atoms with van der Waals surface area (Å²) in [5, 5.41) is 6.02. The highest BCUT2D eigenvalue weighted by Gasteiger charge is 2.51. The first-order valence-electron chi connectivity index (χ1n) is 9.68. The van der Waals surface area contributed by atoms with Crippen LogP contribution in [0.15, 0.2) is 18.2 Å². The predicted octanol–water partition coefficient (Wildman–Crippen LogP) is 2.45. The van der Waals surface area contributed by atoms with E-state index in [-0.39, 0.29) is 31.2 Å². The molecule has 1 saturated carbocycles. The maximum atomic E-state index is 12.5. The maximum absolute atomic E-state index is 12.5. The lowest BCUT2D eigenvalue weighted by Gasteiger charge is -2.19. The predicted molar refractivity (Wildman–Crippen MR) is 106 cm³/mol. The molecule has 2 N–H and O–H groups in total. The van der Waals surface area contributed by atoms with Crippen LogP contribution in [0.25, 0.3) is 6.08 Å². The molecule has 1 saturated heterocycles. The van der Waals surface area contributed by atoms with Gasteiger partial charge in [-0.15, -0.1) is 0 Å². The van der Waals surface area contributed by atoms with E-state index in [0.717, 1.165) is 18.4 Å². The van der Waals surface area contributed by atoms with Crippen molar-refractivity contribution in [1.29, 1.82) is 0 Å². The van der Waals surface area contributed by atoms with E-state index in [1.807, 2.05) is 0 Å². The number of amides is 4. The molecule has 4 rings (SSSR count). The van der Waals surface area contributed by atoms with Crippen molar-refractivity contribution in [3.63, 3.8) is 0 Å². The Hall–Kier alpha value is -2.74. The number of urea groups is 1. The summed E-state index contributed by atoms with van der Waals surface area (Å²) in [7, 11) is 0. The Labute approximate surface area is 173 Å². The summed E-state index contributed by atoms with van der Waals surface area (Å²) in [5.41, 5.74) is 0.0326. The number of imide groups is 1. The van der Waals surface area contributed by atoms with Crippen LogP contribution in [0.3, 0.4) is 0 Å². The lowest BCUT2D eigenvalue weighted by atomic mass is 9.98. The molecule has 1 aromatic carbocycles. The summed E-state index contributed by atoms with van der Waals surface area (Å²) in [4.78, 5) is 37.9. The number of fused-ring (bicyclic) bond motifs is 1. The number of ether oxygens (including phenoxy) is 2. The largest absolute Gasteiger partial charge is 0.454 e. The summed E-state index contributed by atoms with van der Waals surface area (Å²) < 4.78 is 10.6. The Balaban J connectivity index is 1.24. The Morgan fingerprint density at radius 1 is 1.28 bits per heavy atom. The zero-order valence-electron chi connectivity index (χ0n) is 15.8. The average molecular weight is 420 g/mol. The molecule has 1 aliphatic carbocycles. The van der Waals surface area contributed by atoms with Crippen LogP contribution in [-0.4, -0.2) is 48.2 Å². The molecule has 4 amide bonds. The number of hydrogen-bond acceptors (Lipinski definition) is 5. The van der Waals surface area contributed by atoms with Crippen LogP contribution in [0.1, 0.15) is 37.7 Å². The molecule has 1 spiro atoms. The smallest absolute Gasteiger partial charge is 0.325 e. The highest BCUT2D eigenvalue weighted by Crippen LogP contribution is 2.40. The van der Waals surface area contributed by atoms with E-state index in [4.69, 9.17) is 21.1 Å². The standard InChI is InChI=1S/C20H22ClN3O5/c21-14-10-13(11-15-17(14)29-12-28-15)4-5-16(25)22-8-3-9-24-18(26)20(23-19(24)27)6-1-2-7-20/h4-5,10-11H,1-3,6-9,12H2,(H,22,25)(H,23,27)/b5-4+. The lowest BCUT2D eigenvalue weighted by molar-refractivity contribution is -0.131. The molecule has 0 atom stereocenters. The second kappa shape index (κ2) is 7.94. The Morgan fingerprint density at radius 2 is 2.07 bits per heavy atom. The van der Waals surface area contributed by atoms with Crippen molar-refractivity contribution in [2.24, 2.45) is 0 Å².